The summed E-state index contributed by atoms with van der Waals surface area (Å²) in [7, 11) is 0. The summed E-state index contributed by atoms with van der Waals surface area (Å²) in [4.78, 5) is 20.4. The Kier molecular flexibility index (Phi) is 18.3. The zero-order chi connectivity index (χ0) is 17.0. The highest BCUT2D eigenvalue weighted by Gasteiger charge is 2.00. The van der Waals surface area contributed by atoms with E-state index in [-0.39, 0.29) is 6.61 Å². The second kappa shape index (κ2) is 19.1. The fourth-order valence-electron chi connectivity index (χ4n) is 1.41. The topological polar surface area (TPSA) is 111 Å². The van der Waals surface area contributed by atoms with E-state index in [0.717, 1.165) is 19.3 Å². The summed E-state index contributed by atoms with van der Waals surface area (Å²) in [5.74, 6) is 4.84. The lowest BCUT2D eigenvalue weighted by molar-refractivity contribution is -0.0268. The zero-order valence-electron chi connectivity index (χ0n) is 13.9. The lowest BCUT2D eigenvalue weighted by Crippen LogP contribution is -2.26. The van der Waals surface area contributed by atoms with Crippen LogP contribution < -0.4 is 11.4 Å². The molecule has 0 aromatic carbocycles. The second-order valence-electron chi connectivity index (χ2n) is 4.50. The first-order valence-electron chi connectivity index (χ1n) is 7.90. The summed E-state index contributed by atoms with van der Waals surface area (Å²) in [6, 6.07) is 0. The van der Waals surface area contributed by atoms with Gasteiger partial charge in [0.25, 0.3) is 0 Å². The molecule has 1 amide bonds. The Morgan fingerprint density at radius 2 is 1.39 bits per heavy atom. The van der Waals surface area contributed by atoms with Gasteiger partial charge in [0.2, 0.25) is 0 Å². The molecule has 0 spiro atoms. The Labute approximate surface area is 137 Å². The average molecular weight is 338 g/mol. The van der Waals surface area contributed by atoms with Gasteiger partial charge in [-0.3, -0.25) is 4.84 Å². The molecular formula is C14H30N2O7. The maximum atomic E-state index is 11.2. The fraction of sp³-hybridized carbons (Fsp3) is 0.929. The highest BCUT2D eigenvalue weighted by molar-refractivity contribution is 5.65. The van der Waals surface area contributed by atoms with Crippen LogP contribution in [0.2, 0.25) is 0 Å². The molecule has 0 radical (unpaired) electrons. The lowest BCUT2D eigenvalue weighted by atomic mass is 10.3. The minimum atomic E-state index is -0.579. The molecule has 0 heterocycles. The van der Waals surface area contributed by atoms with E-state index in [1.54, 1.807) is 0 Å². The Morgan fingerprint density at radius 3 is 1.96 bits per heavy atom. The van der Waals surface area contributed by atoms with Gasteiger partial charge in [-0.2, -0.15) is 5.48 Å². The van der Waals surface area contributed by atoms with Crippen molar-refractivity contribution >= 4 is 6.09 Å². The third kappa shape index (κ3) is 19.0. The third-order valence-electron chi connectivity index (χ3n) is 2.56. The van der Waals surface area contributed by atoms with Gasteiger partial charge in [0.05, 0.1) is 59.5 Å². The van der Waals surface area contributed by atoms with Gasteiger partial charge in [0.15, 0.2) is 0 Å². The number of ether oxygens (including phenoxy) is 4. The molecule has 0 unspecified atom stereocenters. The first-order chi connectivity index (χ1) is 11.3. The number of nitrogens with one attached hydrogen (secondary N) is 1. The van der Waals surface area contributed by atoms with Crippen molar-refractivity contribution in [2.45, 2.75) is 26.2 Å². The van der Waals surface area contributed by atoms with Crippen LogP contribution in [0.25, 0.3) is 0 Å². The molecule has 0 aliphatic heterocycles. The normalized spacial score (nSPS) is 10.7. The SMILES string of the molecule is CCCCCOC(=O)NOCCOCCOCCOCCON. The van der Waals surface area contributed by atoms with E-state index in [1.807, 2.05) is 0 Å². The van der Waals surface area contributed by atoms with Gasteiger partial charge in [-0.25, -0.2) is 10.7 Å². The quantitative estimate of drug-likeness (QED) is 0.296. The number of carbonyl (C=O) groups is 1. The summed E-state index contributed by atoms with van der Waals surface area (Å²) in [5, 5.41) is 0. The van der Waals surface area contributed by atoms with Crippen LogP contribution in [0.4, 0.5) is 4.79 Å². The summed E-state index contributed by atoms with van der Waals surface area (Å²) >= 11 is 0. The summed E-state index contributed by atoms with van der Waals surface area (Å²) in [5.41, 5.74) is 2.19. The van der Waals surface area contributed by atoms with Gasteiger partial charge in [-0.05, 0) is 6.42 Å². The molecule has 23 heavy (non-hydrogen) atoms. The molecule has 9 nitrogen and oxygen atoms in total. The Hall–Kier alpha value is -0.970. The number of hydrogen-bond donors (Lipinski definition) is 2. The first-order valence-corrected chi connectivity index (χ1v) is 7.90. The molecule has 0 saturated carbocycles. The molecule has 0 aromatic rings. The molecule has 0 bridgehead atoms. The van der Waals surface area contributed by atoms with Crippen molar-refractivity contribution in [3.8, 4) is 0 Å². The van der Waals surface area contributed by atoms with Gasteiger partial charge in [0.1, 0.15) is 0 Å². The van der Waals surface area contributed by atoms with Crippen molar-refractivity contribution in [3.63, 3.8) is 0 Å². The molecule has 0 rings (SSSR count). The number of nitrogens with two attached hydrogens (primary N) is 1. The predicted molar refractivity (Wildman–Crippen MR) is 82.6 cm³/mol. The van der Waals surface area contributed by atoms with Gasteiger partial charge < -0.3 is 23.8 Å². The maximum Gasteiger partial charge on any atom is 0.431 e. The van der Waals surface area contributed by atoms with Crippen LogP contribution in [-0.4, -0.2) is 65.6 Å². The molecule has 0 aliphatic carbocycles. The van der Waals surface area contributed by atoms with Crippen molar-refractivity contribution < 1.29 is 33.4 Å². The van der Waals surface area contributed by atoms with Gasteiger partial charge in [-0.15, -0.1) is 0 Å². The van der Waals surface area contributed by atoms with Crippen LogP contribution in [0, 0.1) is 0 Å². The molecule has 0 aromatic heterocycles. The smallest absolute Gasteiger partial charge is 0.431 e. The van der Waals surface area contributed by atoms with Gasteiger partial charge in [0, 0.05) is 0 Å². The summed E-state index contributed by atoms with van der Waals surface area (Å²) in [6.45, 7) is 5.76. The van der Waals surface area contributed by atoms with Crippen LogP contribution in [-0.2, 0) is 28.6 Å². The van der Waals surface area contributed by atoms with Crippen LogP contribution in [0.3, 0.4) is 0 Å². The largest absolute Gasteiger partial charge is 0.448 e. The molecule has 0 aliphatic rings. The average Bonchev–Trinajstić information content (AvgIpc) is 2.56. The minimum Gasteiger partial charge on any atom is -0.448 e. The van der Waals surface area contributed by atoms with Crippen molar-refractivity contribution in [2.75, 3.05) is 59.5 Å². The number of amides is 1. The van der Waals surface area contributed by atoms with E-state index in [1.165, 1.54) is 0 Å². The molecule has 0 fully saturated rings. The molecule has 9 heteroatoms. The van der Waals surface area contributed by atoms with E-state index in [4.69, 9.17) is 29.7 Å². The van der Waals surface area contributed by atoms with Crippen molar-refractivity contribution in [2.24, 2.45) is 5.90 Å². The Bertz CT molecular complexity index is 257. The number of hydrogen-bond acceptors (Lipinski definition) is 8. The van der Waals surface area contributed by atoms with E-state index < -0.39 is 6.09 Å². The standard InChI is InChI=1S/C14H30N2O7/c1-2-3-4-5-21-14(17)16-23-13-11-20-9-7-18-6-8-19-10-12-22-15/h2-13,15H2,1H3,(H,16,17). The van der Waals surface area contributed by atoms with E-state index in [0.29, 0.717) is 52.9 Å². The molecule has 0 saturated heterocycles. The van der Waals surface area contributed by atoms with E-state index in [2.05, 4.69) is 17.2 Å². The van der Waals surface area contributed by atoms with E-state index >= 15 is 0 Å². The monoisotopic (exact) mass is 338 g/mol. The predicted octanol–water partition coefficient (Wildman–Crippen LogP) is 0.775. The van der Waals surface area contributed by atoms with Crippen LogP contribution in [0.1, 0.15) is 26.2 Å². The van der Waals surface area contributed by atoms with Crippen LogP contribution >= 0.6 is 0 Å². The second-order valence-corrected chi connectivity index (χ2v) is 4.50. The van der Waals surface area contributed by atoms with Crippen molar-refractivity contribution in [3.05, 3.63) is 0 Å². The molecule has 138 valence electrons. The summed E-state index contributed by atoms with van der Waals surface area (Å²) < 4.78 is 20.6. The molecule has 0 atom stereocenters. The van der Waals surface area contributed by atoms with Crippen molar-refractivity contribution in [1.29, 1.82) is 0 Å². The number of hydroxylamine groups is 1. The van der Waals surface area contributed by atoms with Gasteiger partial charge >= 0.3 is 6.09 Å². The van der Waals surface area contributed by atoms with Crippen molar-refractivity contribution in [1.82, 2.24) is 5.48 Å². The Balaban J connectivity index is 3.08. The lowest BCUT2D eigenvalue weighted by Gasteiger charge is -2.08. The van der Waals surface area contributed by atoms with Crippen LogP contribution in [0.15, 0.2) is 0 Å². The Morgan fingerprint density at radius 1 is 0.826 bits per heavy atom. The fourth-order valence-corrected chi connectivity index (χ4v) is 1.41. The van der Waals surface area contributed by atoms with Gasteiger partial charge in [-0.1, -0.05) is 19.8 Å². The maximum absolute atomic E-state index is 11.2. The third-order valence-corrected chi connectivity index (χ3v) is 2.56. The number of unbranched alkanes of at least 4 members (excludes halogenated alkanes) is 2. The highest BCUT2D eigenvalue weighted by Crippen LogP contribution is 1.94. The number of carbonyl (C=O) groups excluding carboxylic acids is 1. The zero-order valence-corrected chi connectivity index (χ0v) is 13.9. The van der Waals surface area contributed by atoms with Crippen LogP contribution in [0.5, 0.6) is 0 Å². The molecular weight excluding hydrogens is 308 g/mol. The van der Waals surface area contributed by atoms with E-state index in [9.17, 15) is 4.79 Å². The number of rotatable bonds is 17. The summed E-state index contributed by atoms with van der Waals surface area (Å²) in [6.07, 6.45) is 2.40. The molecule has 3 N–H and O–H groups in total. The first kappa shape index (κ1) is 22.0. The minimum absolute atomic E-state index is 0.242. The highest BCUT2D eigenvalue weighted by atomic mass is 16.7.